The van der Waals surface area contributed by atoms with Gasteiger partial charge in [0.2, 0.25) is 0 Å². The number of ether oxygens (including phenoxy) is 1. The summed E-state index contributed by atoms with van der Waals surface area (Å²) in [4.78, 5) is 24.0. The molecule has 1 unspecified atom stereocenters. The molecule has 0 spiro atoms. The highest BCUT2D eigenvalue weighted by atomic mass is 79.9. The molecule has 1 aromatic rings. The van der Waals surface area contributed by atoms with Crippen molar-refractivity contribution in [2.24, 2.45) is 5.92 Å². The van der Waals surface area contributed by atoms with Gasteiger partial charge in [-0.25, -0.2) is 4.79 Å². The molecule has 1 heterocycles. The second-order valence-electron chi connectivity index (χ2n) is 5.26. The van der Waals surface area contributed by atoms with Crippen LogP contribution in [0.4, 0.5) is 0 Å². The van der Waals surface area contributed by atoms with Gasteiger partial charge in [-0.15, -0.1) is 0 Å². The average molecular weight is 345 g/mol. The molecule has 0 aliphatic carbocycles. The summed E-state index contributed by atoms with van der Waals surface area (Å²) < 4.78 is 7.41. The first-order valence-electron chi connectivity index (χ1n) is 6.54. The van der Waals surface area contributed by atoms with Crippen molar-refractivity contribution in [3.63, 3.8) is 0 Å². The molecule has 1 aromatic heterocycles. The van der Waals surface area contributed by atoms with E-state index in [0.717, 1.165) is 4.47 Å². The third-order valence-electron chi connectivity index (χ3n) is 3.01. The summed E-state index contributed by atoms with van der Waals surface area (Å²) in [6.45, 7) is 7.70. The molecule has 20 heavy (non-hydrogen) atoms. The van der Waals surface area contributed by atoms with Gasteiger partial charge in [-0.2, -0.15) is 0 Å². The van der Waals surface area contributed by atoms with Crippen LogP contribution in [0, 0.1) is 5.92 Å². The zero-order valence-corrected chi connectivity index (χ0v) is 14.0. The number of rotatable bonds is 5. The Bertz CT molecular complexity index is 495. The highest BCUT2D eigenvalue weighted by molar-refractivity contribution is 9.10. The molecule has 0 aromatic carbocycles. The van der Waals surface area contributed by atoms with Crippen LogP contribution < -0.4 is 5.32 Å². The molecule has 0 saturated heterocycles. The van der Waals surface area contributed by atoms with E-state index in [4.69, 9.17) is 4.74 Å². The van der Waals surface area contributed by atoms with Crippen LogP contribution in [0.1, 0.15) is 44.2 Å². The van der Waals surface area contributed by atoms with Gasteiger partial charge in [0.05, 0.1) is 7.11 Å². The van der Waals surface area contributed by atoms with Crippen LogP contribution in [0.25, 0.3) is 0 Å². The minimum Gasteiger partial charge on any atom is -0.467 e. The molecule has 1 atom stereocenters. The van der Waals surface area contributed by atoms with Gasteiger partial charge in [0.25, 0.3) is 5.91 Å². The number of hydrogen-bond donors (Lipinski definition) is 1. The number of methoxy groups -OCH3 is 1. The first-order chi connectivity index (χ1) is 9.27. The molecule has 0 aliphatic rings. The van der Waals surface area contributed by atoms with Crippen molar-refractivity contribution in [3.8, 4) is 0 Å². The fourth-order valence-corrected chi connectivity index (χ4v) is 2.33. The Balaban J connectivity index is 2.98. The molecular weight excluding hydrogens is 324 g/mol. The predicted octanol–water partition coefficient (Wildman–Crippen LogP) is 2.76. The summed E-state index contributed by atoms with van der Waals surface area (Å²) in [5.41, 5.74) is 0.515. The Labute approximate surface area is 127 Å². The van der Waals surface area contributed by atoms with Gasteiger partial charge in [-0.05, 0) is 41.8 Å². The van der Waals surface area contributed by atoms with Crippen molar-refractivity contribution in [1.29, 1.82) is 0 Å². The molecule has 0 bridgehead atoms. The van der Waals surface area contributed by atoms with E-state index in [1.165, 1.54) is 7.11 Å². The standard InChI is InChI=1S/C14H21BrN2O3/c1-8(2)12(14(19)20-5)16-13(18)11-6-10(15)7-17(11)9(3)4/h6-9,12H,1-5H3,(H,16,18). The lowest BCUT2D eigenvalue weighted by atomic mass is 10.0. The van der Waals surface area contributed by atoms with Gasteiger partial charge in [0, 0.05) is 16.7 Å². The van der Waals surface area contributed by atoms with Gasteiger partial charge in [-0.3, -0.25) is 4.79 Å². The molecule has 0 aliphatic heterocycles. The van der Waals surface area contributed by atoms with Crippen molar-refractivity contribution < 1.29 is 14.3 Å². The van der Waals surface area contributed by atoms with Crippen molar-refractivity contribution in [1.82, 2.24) is 9.88 Å². The second kappa shape index (κ2) is 6.92. The lowest BCUT2D eigenvalue weighted by molar-refractivity contribution is -0.144. The first-order valence-corrected chi connectivity index (χ1v) is 7.33. The second-order valence-corrected chi connectivity index (χ2v) is 6.18. The molecule has 5 nitrogen and oxygen atoms in total. The minimum absolute atomic E-state index is 0.0442. The Hall–Kier alpha value is -1.30. The molecule has 6 heteroatoms. The summed E-state index contributed by atoms with van der Waals surface area (Å²) in [7, 11) is 1.32. The lowest BCUT2D eigenvalue weighted by Crippen LogP contribution is -2.45. The number of halogens is 1. The SMILES string of the molecule is COC(=O)C(NC(=O)c1cc(Br)cn1C(C)C)C(C)C. The van der Waals surface area contributed by atoms with Gasteiger partial charge in [0.1, 0.15) is 11.7 Å². The highest BCUT2D eigenvalue weighted by Gasteiger charge is 2.26. The summed E-state index contributed by atoms with van der Waals surface area (Å²) >= 11 is 3.36. The number of esters is 1. The average Bonchev–Trinajstić information content (AvgIpc) is 2.76. The predicted molar refractivity (Wildman–Crippen MR) is 80.6 cm³/mol. The van der Waals surface area contributed by atoms with Crippen LogP contribution in [0.3, 0.4) is 0 Å². The van der Waals surface area contributed by atoms with Crippen LogP contribution in [0.15, 0.2) is 16.7 Å². The fraction of sp³-hybridized carbons (Fsp3) is 0.571. The van der Waals surface area contributed by atoms with E-state index in [0.29, 0.717) is 5.69 Å². The maximum absolute atomic E-state index is 12.4. The fourth-order valence-electron chi connectivity index (χ4n) is 1.89. The number of nitrogens with zero attached hydrogens (tertiary/aromatic N) is 1. The van der Waals surface area contributed by atoms with Crippen LogP contribution in [0.5, 0.6) is 0 Å². The monoisotopic (exact) mass is 344 g/mol. The first kappa shape index (κ1) is 16.8. The van der Waals surface area contributed by atoms with Gasteiger partial charge >= 0.3 is 5.97 Å². The maximum Gasteiger partial charge on any atom is 0.328 e. The molecular formula is C14H21BrN2O3. The minimum atomic E-state index is -0.651. The van der Waals surface area contributed by atoms with E-state index in [9.17, 15) is 9.59 Å². The van der Waals surface area contributed by atoms with Crippen molar-refractivity contribution in [2.75, 3.05) is 7.11 Å². The molecule has 1 N–H and O–H groups in total. The van der Waals surface area contributed by atoms with E-state index in [-0.39, 0.29) is 17.9 Å². The Morgan fingerprint density at radius 2 is 1.90 bits per heavy atom. The summed E-state index contributed by atoms with van der Waals surface area (Å²) in [5, 5.41) is 2.74. The smallest absolute Gasteiger partial charge is 0.328 e. The Kier molecular flexibility index (Phi) is 5.80. The molecule has 0 saturated carbocycles. The largest absolute Gasteiger partial charge is 0.467 e. The van der Waals surface area contributed by atoms with Crippen molar-refractivity contribution in [3.05, 3.63) is 22.4 Å². The number of nitrogens with one attached hydrogen (secondary N) is 1. The number of aromatic nitrogens is 1. The van der Waals surface area contributed by atoms with Crippen LogP contribution in [-0.4, -0.2) is 29.6 Å². The van der Waals surface area contributed by atoms with Crippen LogP contribution in [0.2, 0.25) is 0 Å². The van der Waals surface area contributed by atoms with Crippen LogP contribution >= 0.6 is 15.9 Å². The van der Waals surface area contributed by atoms with Crippen molar-refractivity contribution >= 4 is 27.8 Å². The molecule has 1 rings (SSSR count). The van der Waals surface area contributed by atoms with E-state index in [1.807, 2.05) is 38.5 Å². The van der Waals surface area contributed by atoms with Gasteiger partial charge in [-0.1, -0.05) is 13.8 Å². The van der Waals surface area contributed by atoms with E-state index in [1.54, 1.807) is 6.07 Å². The highest BCUT2D eigenvalue weighted by Crippen LogP contribution is 2.19. The number of hydrogen-bond acceptors (Lipinski definition) is 3. The third-order valence-corrected chi connectivity index (χ3v) is 3.45. The number of amides is 1. The zero-order chi connectivity index (χ0) is 15.4. The molecule has 0 radical (unpaired) electrons. The molecule has 1 amide bonds. The summed E-state index contributed by atoms with van der Waals surface area (Å²) in [5.74, 6) is -0.763. The molecule has 112 valence electrons. The van der Waals surface area contributed by atoms with Crippen LogP contribution in [-0.2, 0) is 9.53 Å². The summed E-state index contributed by atoms with van der Waals surface area (Å²) in [6, 6.07) is 1.24. The quantitative estimate of drug-likeness (QED) is 0.835. The third kappa shape index (κ3) is 3.85. The Morgan fingerprint density at radius 1 is 1.30 bits per heavy atom. The van der Waals surface area contributed by atoms with E-state index in [2.05, 4.69) is 21.2 Å². The van der Waals surface area contributed by atoms with Gasteiger partial charge in [0.15, 0.2) is 0 Å². The van der Waals surface area contributed by atoms with Crippen molar-refractivity contribution in [2.45, 2.75) is 39.8 Å². The van der Waals surface area contributed by atoms with Gasteiger partial charge < -0.3 is 14.6 Å². The zero-order valence-electron chi connectivity index (χ0n) is 12.4. The maximum atomic E-state index is 12.4. The topological polar surface area (TPSA) is 60.3 Å². The normalized spacial score (nSPS) is 12.6. The lowest BCUT2D eigenvalue weighted by Gasteiger charge is -2.20. The van der Waals surface area contributed by atoms with E-state index >= 15 is 0 Å². The number of carbonyl (C=O) groups is 2. The molecule has 0 fully saturated rings. The number of carbonyl (C=O) groups excluding carboxylic acids is 2. The summed E-state index contributed by atoms with van der Waals surface area (Å²) in [6.07, 6.45) is 1.85. The Morgan fingerprint density at radius 3 is 2.35 bits per heavy atom. The van der Waals surface area contributed by atoms with E-state index < -0.39 is 12.0 Å².